The predicted octanol–water partition coefficient (Wildman–Crippen LogP) is 2.68. The van der Waals surface area contributed by atoms with Crippen LogP contribution < -0.4 is 4.74 Å². The van der Waals surface area contributed by atoms with E-state index in [1.165, 1.54) is 18.5 Å². The summed E-state index contributed by atoms with van der Waals surface area (Å²) in [4.78, 5) is 7.52. The van der Waals surface area contributed by atoms with Crippen molar-refractivity contribution in [2.45, 2.75) is 13.3 Å². The fourth-order valence-corrected chi connectivity index (χ4v) is 1.36. The molecule has 5 heteroatoms. The fourth-order valence-electron chi connectivity index (χ4n) is 1.36. The summed E-state index contributed by atoms with van der Waals surface area (Å²) >= 11 is 0. The number of hydrogen-bond acceptors (Lipinski definition) is 4. The van der Waals surface area contributed by atoms with E-state index >= 15 is 0 Å². The second kappa shape index (κ2) is 4.78. The van der Waals surface area contributed by atoms with Crippen LogP contribution in [0.4, 0.5) is 4.39 Å². The zero-order valence-electron chi connectivity index (χ0n) is 9.22. The summed E-state index contributed by atoms with van der Waals surface area (Å²) in [6, 6.07) is 6.09. The molecule has 0 aliphatic rings. The number of aromatic nitrogens is 2. The molecule has 0 atom stereocenters. The van der Waals surface area contributed by atoms with Crippen molar-refractivity contribution in [3.05, 3.63) is 42.1 Å². The van der Waals surface area contributed by atoms with Gasteiger partial charge in [0.15, 0.2) is 0 Å². The third-order valence-electron chi connectivity index (χ3n) is 2.20. The number of hydrogen-bond donors (Lipinski definition) is 1. The van der Waals surface area contributed by atoms with Gasteiger partial charge in [-0.25, -0.2) is 4.98 Å². The van der Waals surface area contributed by atoms with Gasteiger partial charge >= 0.3 is 0 Å². The molecule has 0 saturated carbocycles. The summed E-state index contributed by atoms with van der Waals surface area (Å²) in [6.45, 7) is 1.80. The van der Waals surface area contributed by atoms with Crippen LogP contribution in [0.15, 0.2) is 30.6 Å². The molecule has 0 aliphatic carbocycles. The van der Waals surface area contributed by atoms with E-state index in [0.717, 1.165) is 0 Å². The van der Waals surface area contributed by atoms with Crippen LogP contribution in [0.2, 0.25) is 0 Å². The molecule has 2 aromatic rings. The second-order valence-electron chi connectivity index (χ2n) is 3.39. The molecule has 0 spiro atoms. The first kappa shape index (κ1) is 11.3. The van der Waals surface area contributed by atoms with Crippen molar-refractivity contribution in [3.8, 4) is 17.4 Å². The molecule has 1 heterocycles. The normalized spacial score (nSPS) is 10.2. The van der Waals surface area contributed by atoms with Gasteiger partial charge in [0.2, 0.25) is 5.82 Å². The van der Waals surface area contributed by atoms with Crippen molar-refractivity contribution in [2.24, 2.45) is 0 Å². The zero-order chi connectivity index (χ0) is 12.3. The molecule has 0 aliphatic heterocycles. The van der Waals surface area contributed by atoms with Gasteiger partial charge in [0.25, 0.3) is 5.88 Å². The largest absolute Gasteiger partial charge is 0.508 e. The molecule has 0 unspecified atom stereocenters. The van der Waals surface area contributed by atoms with Crippen molar-refractivity contribution in [1.29, 1.82) is 0 Å². The predicted molar refractivity (Wildman–Crippen MR) is 59.5 cm³/mol. The van der Waals surface area contributed by atoms with Crippen molar-refractivity contribution in [3.63, 3.8) is 0 Å². The molecule has 1 aromatic heterocycles. The summed E-state index contributed by atoms with van der Waals surface area (Å²) in [6.07, 6.45) is 1.71. The Morgan fingerprint density at radius 3 is 2.88 bits per heavy atom. The van der Waals surface area contributed by atoms with Crippen molar-refractivity contribution in [1.82, 2.24) is 9.97 Å². The summed E-state index contributed by atoms with van der Waals surface area (Å²) < 4.78 is 19.0. The lowest BCUT2D eigenvalue weighted by molar-refractivity contribution is 0.409. The minimum absolute atomic E-state index is 0.0488. The minimum Gasteiger partial charge on any atom is -0.508 e. The number of aromatic hydroxyl groups is 1. The van der Waals surface area contributed by atoms with Crippen LogP contribution in [0.5, 0.6) is 17.4 Å². The highest BCUT2D eigenvalue weighted by Crippen LogP contribution is 2.25. The van der Waals surface area contributed by atoms with Gasteiger partial charge in [-0.1, -0.05) is 13.0 Å². The molecule has 17 heavy (non-hydrogen) atoms. The van der Waals surface area contributed by atoms with E-state index in [9.17, 15) is 9.50 Å². The number of nitrogens with zero attached hydrogens (tertiary/aromatic N) is 2. The number of ether oxygens (including phenoxy) is 1. The highest BCUT2D eigenvalue weighted by Gasteiger charge is 2.11. The zero-order valence-corrected chi connectivity index (χ0v) is 9.22. The van der Waals surface area contributed by atoms with E-state index in [1.807, 2.05) is 0 Å². The van der Waals surface area contributed by atoms with E-state index in [4.69, 9.17) is 4.74 Å². The Labute approximate surface area is 97.7 Å². The van der Waals surface area contributed by atoms with Crippen LogP contribution in [-0.4, -0.2) is 15.1 Å². The van der Waals surface area contributed by atoms with Crippen LogP contribution in [0.25, 0.3) is 0 Å². The maximum absolute atomic E-state index is 13.7. The molecule has 0 radical (unpaired) electrons. The van der Waals surface area contributed by atoms with E-state index in [-0.39, 0.29) is 11.6 Å². The monoisotopic (exact) mass is 234 g/mol. The van der Waals surface area contributed by atoms with Gasteiger partial charge in [0, 0.05) is 6.07 Å². The minimum atomic E-state index is -0.571. The van der Waals surface area contributed by atoms with Crippen molar-refractivity contribution in [2.75, 3.05) is 0 Å². The van der Waals surface area contributed by atoms with Gasteiger partial charge in [-0.05, 0) is 18.6 Å². The van der Waals surface area contributed by atoms with Gasteiger partial charge in [0.05, 0.1) is 5.69 Å². The van der Waals surface area contributed by atoms with Gasteiger partial charge in [-0.15, -0.1) is 0 Å². The molecule has 0 saturated heterocycles. The molecule has 2 rings (SSSR count). The fraction of sp³-hybridized carbons (Fsp3) is 0.167. The Bertz CT molecular complexity index is 532. The SMILES string of the molecule is CCc1ncnc(Oc2cccc(O)c2)c1F. The number of rotatable bonds is 3. The van der Waals surface area contributed by atoms with Gasteiger partial charge in [-0.3, -0.25) is 0 Å². The van der Waals surface area contributed by atoms with Crippen LogP contribution >= 0.6 is 0 Å². The van der Waals surface area contributed by atoms with E-state index in [0.29, 0.717) is 17.9 Å². The maximum Gasteiger partial charge on any atom is 0.259 e. The summed E-state index contributed by atoms with van der Waals surface area (Å²) in [5.41, 5.74) is 0.301. The Balaban J connectivity index is 2.30. The van der Waals surface area contributed by atoms with Crippen LogP contribution in [0, 0.1) is 5.82 Å². The Kier molecular flexibility index (Phi) is 3.18. The van der Waals surface area contributed by atoms with E-state index in [1.54, 1.807) is 19.1 Å². The smallest absolute Gasteiger partial charge is 0.259 e. The second-order valence-corrected chi connectivity index (χ2v) is 3.39. The molecule has 88 valence electrons. The topological polar surface area (TPSA) is 55.2 Å². The third-order valence-corrected chi connectivity index (χ3v) is 2.20. The summed E-state index contributed by atoms with van der Waals surface area (Å²) in [7, 11) is 0. The highest BCUT2D eigenvalue weighted by molar-refractivity contribution is 5.34. The Morgan fingerprint density at radius 1 is 1.35 bits per heavy atom. The van der Waals surface area contributed by atoms with Crippen molar-refractivity contribution >= 4 is 0 Å². The van der Waals surface area contributed by atoms with Crippen molar-refractivity contribution < 1.29 is 14.2 Å². The van der Waals surface area contributed by atoms with E-state index in [2.05, 4.69) is 9.97 Å². The molecule has 0 bridgehead atoms. The Morgan fingerprint density at radius 2 is 2.18 bits per heavy atom. The first-order valence-corrected chi connectivity index (χ1v) is 5.17. The molecular weight excluding hydrogens is 223 g/mol. The standard InChI is InChI=1S/C12H11FN2O2/c1-2-10-11(13)12(15-7-14-10)17-9-5-3-4-8(16)6-9/h3-7,16H,2H2,1H3. The number of benzene rings is 1. The van der Waals surface area contributed by atoms with Gasteiger partial charge < -0.3 is 9.84 Å². The maximum atomic E-state index is 13.7. The number of aryl methyl sites for hydroxylation is 1. The third kappa shape index (κ3) is 2.50. The van der Waals surface area contributed by atoms with Crippen LogP contribution in [0.3, 0.4) is 0 Å². The number of phenolic OH excluding ortho intramolecular Hbond substituents is 1. The quantitative estimate of drug-likeness (QED) is 0.887. The summed E-state index contributed by atoms with van der Waals surface area (Å²) in [5.74, 6) is -0.335. The molecule has 1 N–H and O–H groups in total. The molecule has 0 amide bonds. The Hall–Kier alpha value is -2.17. The first-order valence-electron chi connectivity index (χ1n) is 5.17. The van der Waals surface area contributed by atoms with Gasteiger partial charge in [0.1, 0.15) is 17.8 Å². The lowest BCUT2D eigenvalue weighted by atomic mass is 10.3. The molecule has 4 nitrogen and oxygen atoms in total. The van der Waals surface area contributed by atoms with E-state index < -0.39 is 5.82 Å². The first-order chi connectivity index (χ1) is 8.20. The highest BCUT2D eigenvalue weighted by atomic mass is 19.1. The number of halogens is 1. The molecular formula is C12H11FN2O2. The average molecular weight is 234 g/mol. The molecule has 1 aromatic carbocycles. The van der Waals surface area contributed by atoms with Crippen LogP contribution in [-0.2, 0) is 6.42 Å². The van der Waals surface area contributed by atoms with Crippen LogP contribution in [0.1, 0.15) is 12.6 Å². The number of phenols is 1. The molecule has 0 fully saturated rings. The lowest BCUT2D eigenvalue weighted by Gasteiger charge is -2.07. The average Bonchev–Trinajstić information content (AvgIpc) is 2.32. The summed E-state index contributed by atoms with van der Waals surface area (Å²) in [5, 5.41) is 9.25. The lowest BCUT2D eigenvalue weighted by Crippen LogP contribution is -1.99. The van der Waals surface area contributed by atoms with Gasteiger partial charge in [-0.2, -0.15) is 9.37 Å².